The molecular weight excluding hydrogens is 268 g/mol. The second-order valence-corrected chi connectivity index (χ2v) is 3.95. The van der Waals surface area contributed by atoms with Crippen molar-refractivity contribution >= 4 is 33.5 Å². The van der Waals surface area contributed by atoms with Gasteiger partial charge < -0.3 is 4.98 Å². The van der Waals surface area contributed by atoms with Gasteiger partial charge in [0.1, 0.15) is 5.82 Å². The third-order valence-corrected chi connectivity index (χ3v) is 2.76. The Morgan fingerprint density at radius 2 is 2.17 bits per heavy atom. The van der Waals surface area contributed by atoms with Crippen LogP contribution in [0.4, 0.5) is 4.39 Å². The van der Waals surface area contributed by atoms with Gasteiger partial charge in [-0.25, -0.2) is 4.39 Å². The molecule has 0 aliphatic heterocycles. The van der Waals surface area contributed by atoms with Crippen LogP contribution in [0, 0.1) is 16.3 Å². The first-order valence-electron chi connectivity index (χ1n) is 3.61. The lowest BCUT2D eigenvalue weighted by atomic mass is 10.2. The first-order chi connectivity index (χ1) is 5.68. The number of aromatic amines is 1. The fourth-order valence-corrected chi connectivity index (χ4v) is 1.72. The molecule has 0 spiro atoms. The number of H-pyrrole nitrogens is 1. The number of halogens is 2. The summed E-state index contributed by atoms with van der Waals surface area (Å²) in [4.78, 5) is 3.01. The van der Waals surface area contributed by atoms with Gasteiger partial charge in [0.15, 0.2) is 0 Å². The lowest BCUT2D eigenvalue weighted by molar-refractivity contribution is 0.622. The molecule has 0 fully saturated rings. The average molecular weight is 275 g/mol. The molecule has 62 valence electrons. The molecule has 0 amide bonds. The Labute approximate surface area is 83.1 Å². The Morgan fingerprint density at radius 1 is 1.42 bits per heavy atom. The molecule has 3 heteroatoms. The van der Waals surface area contributed by atoms with Crippen LogP contribution in [-0.2, 0) is 0 Å². The van der Waals surface area contributed by atoms with Crippen LogP contribution < -0.4 is 0 Å². The Hall–Kier alpha value is -0.580. The maximum atomic E-state index is 13.0. The second kappa shape index (κ2) is 2.73. The van der Waals surface area contributed by atoms with Crippen LogP contribution in [0.2, 0.25) is 0 Å². The van der Waals surface area contributed by atoms with Crippen LogP contribution in [0.1, 0.15) is 5.56 Å². The summed E-state index contributed by atoms with van der Waals surface area (Å²) in [5, 5.41) is 1.10. The average Bonchev–Trinajstić information content (AvgIpc) is 2.35. The van der Waals surface area contributed by atoms with Gasteiger partial charge in [0.05, 0.1) is 0 Å². The number of aromatic nitrogens is 1. The molecule has 1 heterocycles. The van der Waals surface area contributed by atoms with Gasteiger partial charge in [-0.1, -0.05) is 0 Å². The Kier molecular flexibility index (Phi) is 1.83. The molecule has 0 aliphatic carbocycles. The highest BCUT2D eigenvalue weighted by Crippen LogP contribution is 2.22. The molecule has 0 aliphatic rings. The summed E-state index contributed by atoms with van der Waals surface area (Å²) in [5.74, 6) is -0.162. The molecule has 1 aromatic carbocycles. The maximum absolute atomic E-state index is 13.0. The zero-order valence-corrected chi connectivity index (χ0v) is 8.65. The Balaban J connectivity index is 2.87. The van der Waals surface area contributed by atoms with Crippen molar-refractivity contribution in [2.45, 2.75) is 6.92 Å². The van der Waals surface area contributed by atoms with Gasteiger partial charge in [-0.15, -0.1) is 0 Å². The van der Waals surface area contributed by atoms with E-state index in [-0.39, 0.29) is 5.82 Å². The van der Waals surface area contributed by atoms with Gasteiger partial charge in [-0.3, -0.25) is 0 Å². The van der Waals surface area contributed by atoms with E-state index in [1.807, 2.05) is 41.8 Å². The normalized spacial score (nSPS) is 10.9. The number of benzene rings is 1. The fourth-order valence-electron chi connectivity index (χ4n) is 1.26. The Bertz CT molecular complexity index is 433. The van der Waals surface area contributed by atoms with Crippen LogP contribution in [0.5, 0.6) is 0 Å². The number of aryl methyl sites for hydroxylation is 1. The highest BCUT2D eigenvalue weighted by Gasteiger charge is 2.04. The molecule has 0 unspecified atom stereocenters. The molecule has 1 N–H and O–H groups in total. The third kappa shape index (κ3) is 1.12. The minimum absolute atomic E-state index is 0.162. The van der Waals surface area contributed by atoms with Crippen molar-refractivity contribution in [1.29, 1.82) is 0 Å². The molecule has 2 rings (SSSR count). The minimum Gasteiger partial charge on any atom is -0.361 e. The van der Waals surface area contributed by atoms with Gasteiger partial charge in [0.2, 0.25) is 0 Å². The molecule has 0 radical (unpaired) electrons. The number of hydrogen-bond acceptors (Lipinski definition) is 0. The largest absolute Gasteiger partial charge is 0.361 e. The summed E-state index contributed by atoms with van der Waals surface area (Å²) in [6.07, 6.45) is 1.89. The smallest absolute Gasteiger partial charge is 0.138 e. The molecule has 0 bridgehead atoms. The second-order valence-electron chi connectivity index (χ2n) is 2.78. The first-order valence-corrected chi connectivity index (χ1v) is 4.69. The third-order valence-electron chi connectivity index (χ3n) is 1.93. The monoisotopic (exact) mass is 275 g/mol. The van der Waals surface area contributed by atoms with Gasteiger partial charge in [0, 0.05) is 20.7 Å². The zero-order valence-electron chi connectivity index (χ0n) is 6.49. The zero-order chi connectivity index (χ0) is 8.72. The molecule has 0 saturated carbocycles. The lowest BCUT2D eigenvalue weighted by Crippen LogP contribution is -1.80. The van der Waals surface area contributed by atoms with Crippen molar-refractivity contribution < 1.29 is 4.39 Å². The lowest BCUT2D eigenvalue weighted by Gasteiger charge is -1.95. The summed E-state index contributed by atoms with van der Waals surface area (Å²) in [7, 11) is 0. The molecule has 0 atom stereocenters. The standard InChI is InChI=1S/C9H7FIN/c1-5-4-12-9-3-7(10)8(11)2-6(5)9/h2-4,12H,1H3. The number of fused-ring (bicyclic) bond motifs is 1. The van der Waals surface area contributed by atoms with Crippen molar-refractivity contribution in [3.63, 3.8) is 0 Å². The van der Waals surface area contributed by atoms with E-state index >= 15 is 0 Å². The Morgan fingerprint density at radius 3 is 2.92 bits per heavy atom. The summed E-state index contributed by atoms with van der Waals surface area (Å²) < 4.78 is 13.7. The van der Waals surface area contributed by atoms with Crippen molar-refractivity contribution in [2.24, 2.45) is 0 Å². The van der Waals surface area contributed by atoms with E-state index in [9.17, 15) is 4.39 Å². The minimum atomic E-state index is -0.162. The number of nitrogens with one attached hydrogen (secondary N) is 1. The van der Waals surface area contributed by atoms with Crippen LogP contribution in [0.15, 0.2) is 18.3 Å². The molecule has 1 aromatic heterocycles. The van der Waals surface area contributed by atoms with Gasteiger partial charge in [0.25, 0.3) is 0 Å². The summed E-state index contributed by atoms with van der Waals surface area (Å²) in [6, 6.07) is 3.39. The van der Waals surface area contributed by atoms with E-state index in [4.69, 9.17) is 0 Å². The van der Waals surface area contributed by atoms with Crippen LogP contribution >= 0.6 is 22.6 Å². The number of rotatable bonds is 0. The highest BCUT2D eigenvalue weighted by molar-refractivity contribution is 14.1. The van der Waals surface area contributed by atoms with E-state index in [2.05, 4.69) is 4.98 Å². The van der Waals surface area contributed by atoms with Gasteiger partial charge in [-0.05, 0) is 47.2 Å². The van der Waals surface area contributed by atoms with Crippen LogP contribution in [-0.4, -0.2) is 4.98 Å². The van der Waals surface area contributed by atoms with E-state index < -0.39 is 0 Å². The molecule has 12 heavy (non-hydrogen) atoms. The van der Waals surface area contributed by atoms with Crippen LogP contribution in [0.25, 0.3) is 10.9 Å². The summed E-state index contributed by atoms with van der Waals surface area (Å²) in [5.41, 5.74) is 2.02. The van der Waals surface area contributed by atoms with Gasteiger partial charge >= 0.3 is 0 Å². The molecule has 1 nitrogen and oxygen atoms in total. The van der Waals surface area contributed by atoms with E-state index in [0.717, 1.165) is 16.5 Å². The first kappa shape index (κ1) is 8.04. The predicted octanol–water partition coefficient (Wildman–Crippen LogP) is 3.22. The molecule has 0 saturated heterocycles. The van der Waals surface area contributed by atoms with Gasteiger partial charge in [-0.2, -0.15) is 0 Å². The molecule has 2 aromatic rings. The SMILES string of the molecule is Cc1c[nH]c2cc(F)c(I)cc12. The number of hydrogen-bond donors (Lipinski definition) is 1. The molecular formula is C9H7FIN. The summed E-state index contributed by atoms with van der Waals surface area (Å²) in [6.45, 7) is 2.01. The summed E-state index contributed by atoms with van der Waals surface area (Å²) >= 11 is 2.00. The van der Waals surface area contributed by atoms with Crippen LogP contribution in [0.3, 0.4) is 0 Å². The van der Waals surface area contributed by atoms with E-state index in [1.54, 1.807) is 0 Å². The van der Waals surface area contributed by atoms with E-state index in [0.29, 0.717) is 3.57 Å². The highest BCUT2D eigenvalue weighted by atomic mass is 127. The van der Waals surface area contributed by atoms with Crippen molar-refractivity contribution in [3.8, 4) is 0 Å². The fraction of sp³-hybridized carbons (Fsp3) is 0.111. The van der Waals surface area contributed by atoms with Crippen molar-refractivity contribution in [1.82, 2.24) is 4.98 Å². The quantitative estimate of drug-likeness (QED) is 0.710. The van der Waals surface area contributed by atoms with E-state index in [1.165, 1.54) is 6.07 Å². The van der Waals surface area contributed by atoms with Crippen molar-refractivity contribution in [3.05, 3.63) is 33.3 Å². The maximum Gasteiger partial charge on any atom is 0.138 e. The predicted molar refractivity (Wildman–Crippen MR) is 55.7 cm³/mol. The van der Waals surface area contributed by atoms with Crippen molar-refractivity contribution in [2.75, 3.05) is 0 Å². The topological polar surface area (TPSA) is 15.8 Å².